The maximum Gasteiger partial charge on any atom is 0.321 e. The molecule has 1 saturated carbocycles. The Balaban J connectivity index is 1.78. The van der Waals surface area contributed by atoms with Crippen molar-refractivity contribution >= 4 is 41.1 Å². The van der Waals surface area contributed by atoms with Crippen molar-refractivity contribution in [1.29, 1.82) is 0 Å². The van der Waals surface area contributed by atoms with Gasteiger partial charge in [0.2, 0.25) is 0 Å². The van der Waals surface area contributed by atoms with Crippen LogP contribution in [0.15, 0.2) is 18.2 Å². The molecule has 0 unspecified atom stereocenters. The third kappa shape index (κ3) is 6.50. The first kappa shape index (κ1) is 20.5. The summed E-state index contributed by atoms with van der Waals surface area (Å²) in [5.74, 6) is -1.29. The summed E-state index contributed by atoms with van der Waals surface area (Å²) in [5.41, 5.74) is 0.545. The summed E-state index contributed by atoms with van der Waals surface area (Å²) >= 11 is 11.8. The Morgan fingerprint density at radius 3 is 2.54 bits per heavy atom. The average molecular weight is 401 g/mol. The van der Waals surface area contributed by atoms with E-state index in [1.165, 1.54) is 19.4 Å². The largest absolute Gasteiger partial charge is 0.452 e. The van der Waals surface area contributed by atoms with Crippen LogP contribution >= 0.6 is 23.2 Å². The van der Waals surface area contributed by atoms with Gasteiger partial charge in [-0.3, -0.25) is 14.9 Å². The Hall–Kier alpha value is -1.79. The predicted molar refractivity (Wildman–Crippen MR) is 99.3 cm³/mol. The smallest absolute Gasteiger partial charge is 0.321 e. The molecule has 2 N–H and O–H groups in total. The maximum atomic E-state index is 12.0. The summed E-state index contributed by atoms with van der Waals surface area (Å²) in [7, 11) is 0. The van der Waals surface area contributed by atoms with Crippen LogP contribution in [-0.4, -0.2) is 30.1 Å². The molecule has 0 spiro atoms. The number of carbonyl (C=O) groups is 3. The molecule has 0 saturated heterocycles. The van der Waals surface area contributed by atoms with Crippen molar-refractivity contribution in [2.24, 2.45) is 0 Å². The molecule has 3 amide bonds. The van der Waals surface area contributed by atoms with E-state index in [2.05, 4.69) is 10.6 Å². The minimum Gasteiger partial charge on any atom is -0.452 e. The number of hydrogen-bond donors (Lipinski definition) is 2. The molecule has 8 heteroatoms. The summed E-state index contributed by atoms with van der Waals surface area (Å²) in [6.45, 7) is 1.41. The van der Waals surface area contributed by atoms with E-state index in [1.54, 1.807) is 12.1 Å². The normalized spacial score (nSPS) is 15.8. The number of amides is 3. The molecular formula is C18H22Cl2N2O4. The summed E-state index contributed by atoms with van der Waals surface area (Å²) in [6, 6.07) is 4.28. The third-order valence-electron chi connectivity index (χ3n) is 4.20. The molecular weight excluding hydrogens is 379 g/mol. The predicted octanol–water partition coefficient (Wildman–Crippen LogP) is 3.63. The average Bonchev–Trinajstić information content (AvgIpc) is 2.58. The van der Waals surface area contributed by atoms with E-state index >= 15 is 0 Å². The molecule has 1 aromatic rings. The minimum atomic E-state index is -1.09. The number of esters is 1. The molecule has 1 atom stereocenters. The number of carbonyl (C=O) groups excluding carboxylic acids is 3. The van der Waals surface area contributed by atoms with E-state index in [1.807, 2.05) is 0 Å². The highest BCUT2D eigenvalue weighted by Gasteiger charge is 2.22. The number of benzene rings is 1. The molecule has 0 aliphatic heterocycles. The van der Waals surface area contributed by atoms with Gasteiger partial charge in [0.25, 0.3) is 5.91 Å². The van der Waals surface area contributed by atoms with Gasteiger partial charge < -0.3 is 10.1 Å². The van der Waals surface area contributed by atoms with Crippen LogP contribution in [0.3, 0.4) is 0 Å². The van der Waals surface area contributed by atoms with Gasteiger partial charge in [-0.2, -0.15) is 0 Å². The third-order valence-corrected chi connectivity index (χ3v) is 4.79. The quantitative estimate of drug-likeness (QED) is 0.738. The fraction of sp³-hybridized carbons (Fsp3) is 0.500. The van der Waals surface area contributed by atoms with Gasteiger partial charge in [-0.05, 0) is 37.5 Å². The second kappa shape index (κ2) is 9.78. The van der Waals surface area contributed by atoms with E-state index in [0.717, 1.165) is 25.7 Å². The number of ether oxygens (including phenoxy) is 1. The number of imide groups is 1. The molecule has 0 bridgehead atoms. The van der Waals surface area contributed by atoms with Gasteiger partial charge in [0.1, 0.15) is 0 Å². The van der Waals surface area contributed by atoms with Crippen molar-refractivity contribution in [3.8, 4) is 0 Å². The number of rotatable bonds is 5. The van der Waals surface area contributed by atoms with E-state index < -0.39 is 24.0 Å². The highest BCUT2D eigenvalue weighted by molar-refractivity contribution is 6.35. The lowest BCUT2D eigenvalue weighted by Crippen LogP contribution is -2.48. The molecule has 1 aromatic carbocycles. The fourth-order valence-electron chi connectivity index (χ4n) is 2.79. The summed E-state index contributed by atoms with van der Waals surface area (Å²) < 4.78 is 5.07. The fourth-order valence-corrected chi connectivity index (χ4v) is 3.27. The minimum absolute atomic E-state index is 0.0847. The Bertz CT molecular complexity index is 675. The van der Waals surface area contributed by atoms with Crippen LogP contribution in [0, 0.1) is 0 Å². The van der Waals surface area contributed by atoms with Gasteiger partial charge in [0, 0.05) is 16.1 Å². The van der Waals surface area contributed by atoms with Gasteiger partial charge in [-0.25, -0.2) is 4.79 Å². The molecule has 1 aliphatic rings. The maximum absolute atomic E-state index is 12.0. The van der Waals surface area contributed by atoms with Crippen LogP contribution in [-0.2, 0) is 20.7 Å². The molecule has 1 fully saturated rings. The zero-order valence-corrected chi connectivity index (χ0v) is 16.0. The van der Waals surface area contributed by atoms with Crippen molar-refractivity contribution in [2.45, 2.75) is 57.6 Å². The summed E-state index contributed by atoms with van der Waals surface area (Å²) in [6.07, 6.45) is 3.94. The van der Waals surface area contributed by atoms with Crippen LogP contribution in [0.2, 0.25) is 10.0 Å². The van der Waals surface area contributed by atoms with Gasteiger partial charge in [0.15, 0.2) is 6.10 Å². The lowest BCUT2D eigenvalue weighted by atomic mass is 9.96. The molecule has 2 rings (SSSR count). The Morgan fingerprint density at radius 1 is 1.19 bits per heavy atom. The highest BCUT2D eigenvalue weighted by Crippen LogP contribution is 2.21. The van der Waals surface area contributed by atoms with Crippen LogP contribution in [0.4, 0.5) is 4.79 Å². The second-order valence-corrected chi connectivity index (χ2v) is 7.19. The van der Waals surface area contributed by atoms with E-state index in [-0.39, 0.29) is 12.5 Å². The molecule has 0 heterocycles. The first-order valence-electron chi connectivity index (χ1n) is 8.60. The zero-order chi connectivity index (χ0) is 19.1. The topological polar surface area (TPSA) is 84.5 Å². The van der Waals surface area contributed by atoms with Crippen molar-refractivity contribution in [2.75, 3.05) is 0 Å². The molecule has 0 aromatic heterocycles. The van der Waals surface area contributed by atoms with Crippen molar-refractivity contribution < 1.29 is 19.1 Å². The molecule has 1 aliphatic carbocycles. The highest BCUT2D eigenvalue weighted by atomic mass is 35.5. The Morgan fingerprint density at radius 2 is 1.88 bits per heavy atom. The number of urea groups is 1. The zero-order valence-electron chi connectivity index (χ0n) is 14.5. The standard InChI is InChI=1S/C18H22Cl2N2O4/c1-11(17(24)22-18(25)21-14-5-3-2-4-6-14)26-16(23)9-12-7-8-13(19)10-15(12)20/h7-8,10-11,14H,2-6,9H2,1H3,(H2,21,22,24,25)/t11-/m1/s1. The molecule has 6 nitrogen and oxygen atoms in total. The molecule has 142 valence electrons. The lowest BCUT2D eigenvalue weighted by molar-refractivity contribution is -0.153. The van der Waals surface area contributed by atoms with Crippen LogP contribution in [0.1, 0.15) is 44.6 Å². The van der Waals surface area contributed by atoms with Crippen LogP contribution in [0.25, 0.3) is 0 Å². The lowest BCUT2D eigenvalue weighted by Gasteiger charge is -2.23. The number of nitrogens with one attached hydrogen (secondary N) is 2. The Kier molecular flexibility index (Phi) is 7.72. The van der Waals surface area contributed by atoms with Crippen LogP contribution < -0.4 is 10.6 Å². The summed E-state index contributed by atoms with van der Waals surface area (Å²) in [4.78, 5) is 35.8. The second-order valence-electron chi connectivity index (χ2n) is 6.34. The number of hydrogen-bond acceptors (Lipinski definition) is 4. The number of halogens is 2. The Labute approximate surface area is 162 Å². The van der Waals surface area contributed by atoms with E-state index in [4.69, 9.17) is 27.9 Å². The molecule has 0 radical (unpaired) electrons. The van der Waals surface area contributed by atoms with E-state index in [9.17, 15) is 14.4 Å². The van der Waals surface area contributed by atoms with Gasteiger partial charge >= 0.3 is 12.0 Å². The molecule has 26 heavy (non-hydrogen) atoms. The van der Waals surface area contributed by atoms with Gasteiger partial charge in [0.05, 0.1) is 6.42 Å². The van der Waals surface area contributed by atoms with Crippen molar-refractivity contribution in [3.63, 3.8) is 0 Å². The SMILES string of the molecule is C[C@@H](OC(=O)Cc1ccc(Cl)cc1Cl)C(=O)NC(=O)NC1CCCCC1. The van der Waals surface area contributed by atoms with Crippen LogP contribution in [0.5, 0.6) is 0 Å². The van der Waals surface area contributed by atoms with Crippen molar-refractivity contribution in [3.05, 3.63) is 33.8 Å². The van der Waals surface area contributed by atoms with Gasteiger partial charge in [-0.1, -0.05) is 48.5 Å². The van der Waals surface area contributed by atoms with Crippen molar-refractivity contribution in [1.82, 2.24) is 10.6 Å². The first-order chi connectivity index (χ1) is 12.3. The van der Waals surface area contributed by atoms with Gasteiger partial charge in [-0.15, -0.1) is 0 Å². The van der Waals surface area contributed by atoms with E-state index in [0.29, 0.717) is 15.6 Å². The first-order valence-corrected chi connectivity index (χ1v) is 9.35. The summed E-state index contributed by atoms with van der Waals surface area (Å²) in [5, 5.41) is 5.78. The monoisotopic (exact) mass is 400 g/mol.